The molecule has 0 atom stereocenters. The molecule has 3 aromatic heterocycles. The van der Waals surface area contributed by atoms with Gasteiger partial charge in [0.25, 0.3) is 0 Å². The fourth-order valence-electron chi connectivity index (χ4n) is 3.30. The molecule has 9 nitrogen and oxygen atoms in total. The van der Waals surface area contributed by atoms with E-state index in [0.29, 0.717) is 17.8 Å². The number of benzene rings is 1. The van der Waals surface area contributed by atoms with Gasteiger partial charge in [-0.25, -0.2) is 4.98 Å². The third-order valence-corrected chi connectivity index (χ3v) is 4.75. The fourth-order valence-corrected chi connectivity index (χ4v) is 3.30. The minimum absolute atomic E-state index is 0.392. The first-order valence-corrected chi connectivity index (χ1v) is 9.28. The van der Waals surface area contributed by atoms with Gasteiger partial charge in [0.15, 0.2) is 11.5 Å². The number of H-pyrrole nitrogens is 1. The molecule has 0 spiro atoms. The van der Waals surface area contributed by atoms with Gasteiger partial charge in [-0.1, -0.05) is 6.07 Å². The number of hydrogen-bond acceptors (Lipinski definition) is 7. The maximum atomic E-state index is 5.43. The number of aromatic nitrogens is 6. The van der Waals surface area contributed by atoms with Crippen LogP contribution in [0.1, 0.15) is 12.8 Å². The molecule has 9 heteroatoms. The predicted molar refractivity (Wildman–Crippen MR) is 106 cm³/mol. The van der Waals surface area contributed by atoms with Crippen LogP contribution in [-0.4, -0.2) is 49.0 Å². The second-order valence-electron chi connectivity index (χ2n) is 6.67. The molecular formula is C19H20N8O. The molecular weight excluding hydrogens is 356 g/mol. The van der Waals surface area contributed by atoms with Crippen LogP contribution in [0.4, 0.5) is 17.5 Å². The highest BCUT2D eigenvalue weighted by atomic mass is 16.5. The number of fused-ring (bicyclic) bond motifs is 1. The van der Waals surface area contributed by atoms with Crippen molar-refractivity contribution in [3.8, 4) is 11.4 Å². The maximum Gasteiger partial charge on any atom is 0.247 e. The van der Waals surface area contributed by atoms with Crippen molar-refractivity contribution in [2.24, 2.45) is 0 Å². The first-order chi connectivity index (χ1) is 13.8. The Labute approximate surface area is 161 Å². The van der Waals surface area contributed by atoms with Crippen LogP contribution in [0.3, 0.4) is 0 Å². The summed E-state index contributed by atoms with van der Waals surface area (Å²) >= 11 is 0. The number of hydrogen-bond donors (Lipinski definition) is 3. The zero-order chi connectivity index (χ0) is 18.8. The van der Waals surface area contributed by atoms with Gasteiger partial charge in [0.05, 0.1) is 0 Å². The second-order valence-corrected chi connectivity index (χ2v) is 6.67. The lowest BCUT2D eigenvalue weighted by molar-refractivity contribution is 0.0903. The summed E-state index contributed by atoms with van der Waals surface area (Å²) < 4.78 is 7.27. The topological polar surface area (TPSA) is 105 Å². The van der Waals surface area contributed by atoms with Crippen LogP contribution in [0.5, 0.6) is 0 Å². The number of anilines is 3. The van der Waals surface area contributed by atoms with E-state index in [4.69, 9.17) is 4.74 Å². The Morgan fingerprint density at radius 3 is 2.71 bits per heavy atom. The Morgan fingerprint density at radius 2 is 1.93 bits per heavy atom. The Hall–Kier alpha value is -3.46. The van der Waals surface area contributed by atoms with Crippen molar-refractivity contribution in [1.29, 1.82) is 0 Å². The highest BCUT2D eigenvalue weighted by Crippen LogP contribution is 2.21. The van der Waals surface area contributed by atoms with Crippen molar-refractivity contribution in [2.45, 2.75) is 18.9 Å². The summed E-state index contributed by atoms with van der Waals surface area (Å²) in [6.45, 7) is 1.59. The summed E-state index contributed by atoms with van der Waals surface area (Å²) in [5.74, 6) is 2.15. The molecule has 0 saturated carbocycles. The molecule has 1 aliphatic rings. The van der Waals surface area contributed by atoms with Gasteiger partial charge in [-0.15, -0.1) is 5.10 Å². The van der Waals surface area contributed by atoms with Gasteiger partial charge >= 0.3 is 0 Å². The summed E-state index contributed by atoms with van der Waals surface area (Å²) in [6, 6.07) is 14.2. The van der Waals surface area contributed by atoms with Gasteiger partial charge in [-0.05, 0) is 49.2 Å². The SMILES string of the molecule is c1cc(NC2CCOCC2)n2nc(Nc3ccc(-c4nc[nH]n4)cc3)nc2c1. The summed E-state index contributed by atoms with van der Waals surface area (Å²) in [7, 11) is 0. The number of aromatic amines is 1. The first-order valence-electron chi connectivity index (χ1n) is 9.28. The summed E-state index contributed by atoms with van der Waals surface area (Å²) in [4.78, 5) is 8.74. The highest BCUT2D eigenvalue weighted by Gasteiger charge is 2.15. The quantitative estimate of drug-likeness (QED) is 0.492. The lowest BCUT2D eigenvalue weighted by Crippen LogP contribution is -2.28. The molecule has 4 heterocycles. The highest BCUT2D eigenvalue weighted by molar-refractivity contribution is 5.63. The minimum Gasteiger partial charge on any atom is -0.381 e. The zero-order valence-electron chi connectivity index (χ0n) is 15.2. The molecule has 1 saturated heterocycles. The standard InChI is InChI=1S/C19H20N8O/c1-2-16(22-15-8-10-28-11-9-15)27-17(3-1)24-19(26-27)23-14-6-4-13(5-7-14)18-20-12-21-25-18/h1-7,12,15,22H,8-11H2,(H,23,26)(H,20,21,25). The van der Waals surface area contributed by atoms with Gasteiger partial charge < -0.3 is 15.4 Å². The molecule has 0 amide bonds. The molecule has 3 N–H and O–H groups in total. The van der Waals surface area contributed by atoms with E-state index in [1.807, 2.05) is 47.0 Å². The first kappa shape index (κ1) is 16.7. The van der Waals surface area contributed by atoms with Crippen LogP contribution >= 0.6 is 0 Å². The fraction of sp³-hybridized carbons (Fsp3) is 0.263. The summed E-state index contributed by atoms with van der Waals surface area (Å²) in [5.41, 5.74) is 2.63. The van der Waals surface area contributed by atoms with E-state index in [2.05, 4.69) is 35.9 Å². The normalized spacial score (nSPS) is 15.0. The predicted octanol–water partition coefficient (Wildman–Crippen LogP) is 2.85. The molecule has 0 bridgehead atoms. The van der Waals surface area contributed by atoms with Crippen LogP contribution in [0.25, 0.3) is 17.0 Å². The van der Waals surface area contributed by atoms with E-state index in [1.54, 1.807) is 6.33 Å². The number of nitrogens with zero attached hydrogens (tertiary/aromatic N) is 5. The van der Waals surface area contributed by atoms with Crippen LogP contribution in [0.15, 0.2) is 48.8 Å². The molecule has 142 valence electrons. The molecule has 1 aliphatic heterocycles. The Morgan fingerprint density at radius 1 is 1.07 bits per heavy atom. The van der Waals surface area contributed by atoms with E-state index in [9.17, 15) is 0 Å². The Kier molecular flexibility index (Phi) is 4.34. The van der Waals surface area contributed by atoms with Gasteiger partial charge in [0.2, 0.25) is 5.95 Å². The average molecular weight is 376 g/mol. The number of ether oxygens (including phenoxy) is 1. The minimum atomic E-state index is 0.392. The molecule has 4 aromatic rings. The van der Waals surface area contributed by atoms with Crippen molar-refractivity contribution < 1.29 is 4.74 Å². The van der Waals surface area contributed by atoms with Gasteiger partial charge in [-0.3, -0.25) is 5.10 Å². The summed E-state index contributed by atoms with van der Waals surface area (Å²) in [5, 5.41) is 18.2. The van der Waals surface area contributed by atoms with Gasteiger partial charge in [0, 0.05) is 30.5 Å². The van der Waals surface area contributed by atoms with Crippen molar-refractivity contribution in [2.75, 3.05) is 23.8 Å². The largest absolute Gasteiger partial charge is 0.381 e. The van der Waals surface area contributed by atoms with E-state index in [0.717, 1.165) is 48.8 Å². The third-order valence-electron chi connectivity index (χ3n) is 4.75. The maximum absolute atomic E-state index is 5.43. The summed E-state index contributed by atoms with van der Waals surface area (Å²) in [6.07, 6.45) is 3.55. The molecule has 28 heavy (non-hydrogen) atoms. The van der Waals surface area contributed by atoms with Gasteiger partial charge in [0.1, 0.15) is 12.1 Å². The molecule has 5 rings (SSSR count). The Balaban J connectivity index is 1.35. The number of pyridine rings is 1. The van der Waals surface area contributed by atoms with E-state index in [-0.39, 0.29) is 0 Å². The van der Waals surface area contributed by atoms with E-state index in [1.165, 1.54) is 0 Å². The molecule has 1 aromatic carbocycles. The van der Waals surface area contributed by atoms with Crippen LogP contribution < -0.4 is 10.6 Å². The van der Waals surface area contributed by atoms with Crippen LogP contribution in [0.2, 0.25) is 0 Å². The van der Waals surface area contributed by atoms with Crippen molar-refractivity contribution in [3.05, 3.63) is 48.8 Å². The Bertz CT molecular complexity index is 1050. The number of rotatable bonds is 5. The lowest BCUT2D eigenvalue weighted by atomic mass is 10.1. The van der Waals surface area contributed by atoms with Crippen LogP contribution in [0, 0.1) is 0 Å². The zero-order valence-corrected chi connectivity index (χ0v) is 15.2. The monoisotopic (exact) mass is 376 g/mol. The third kappa shape index (κ3) is 3.39. The molecule has 0 unspecified atom stereocenters. The van der Waals surface area contributed by atoms with Crippen molar-refractivity contribution >= 4 is 23.1 Å². The average Bonchev–Trinajstić information content (AvgIpc) is 3.40. The van der Waals surface area contributed by atoms with Crippen molar-refractivity contribution in [1.82, 2.24) is 29.8 Å². The molecule has 0 radical (unpaired) electrons. The van der Waals surface area contributed by atoms with E-state index < -0.39 is 0 Å². The lowest BCUT2D eigenvalue weighted by Gasteiger charge is -2.24. The van der Waals surface area contributed by atoms with Crippen LogP contribution in [-0.2, 0) is 4.74 Å². The molecule has 0 aliphatic carbocycles. The van der Waals surface area contributed by atoms with E-state index >= 15 is 0 Å². The molecule has 1 fully saturated rings. The van der Waals surface area contributed by atoms with Crippen molar-refractivity contribution in [3.63, 3.8) is 0 Å². The van der Waals surface area contributed by atoms with Gasteiger partial charge in [-0.2, -0.15) is 14.6 Å². The smallest absolute Gasteiger partial charge is 0.247 e. The second kappa shape index (κ2) is 7.28. The number of nitrogens with one attached hydrogen (secondary N) is 3.